The summed E-state index contributed by atoms with van der Waals surface area (Å²) in [5.74, 6) is 0.177. The van der Waals surface area contributed by atoms with Crippen molar-refractivity contribution in [2.24, 2.45) is 0 Å². The Hall–Kier alpha value is -3.33. The molecule has 3 rings (SSSR count). The molecule has 2 aromatic carbocycles. The molecule has 150 valence electrons. The number of aromatic amines is 2. The number of hydrogen-bond acceptors (Lipinski definition) is 5. The van der Waals surface area contributed by atoms with Crippen molar-refractivity contribution < 1.29 is 9.59 Å². The Morgan fingerprint density at radius 1 is 0.966 bits per heavy atom. The molecule has 0 bridgehead atoms. The maximum Gasteiger partial charge on any atom is 0.272 e. The summed E-state index contributed by atoms with van der Waals surface area (Å²) in [5, 5.41) is 9.83. The van der Waals surface area contributed by atoms with Gasteiger partial charge < -0.3 is 10.6 Å². The van der Waals surface area contributed by atoms with Crippen LogP contribution in [-0.4, -0.2) is 34.3 Å². The van der Waals surface area contributed by atoms with Crippen LogP contribution in [0, 0.1) is 6.92 Å². The number of anilines is 1. The topological polar surface area (TPSA) is 124 Å². The SMILES string of the molecule is Cc1ccc(CSCC(=O)NCC(=O)Nc2cccc3c(=O)[nH][nH]c(=O)c23)cc1. The van der Waals surface area contributed by atoms with E-state index in [1.807, 2.05) is 31.2 Å². The third-order valence-corrected chi connectivity index (χ3v) is 5.17. The minimum absolute atomic E-state index is 0.0876. The summed E-state index contributed by atoms with van der Waals surface area (Å²) in [5.41, 5.74) is 1.53. The second-order valence-electron chi connectivity index (χ2n) is 6.44. The summed E-state index contributed by atoms with van der Waals surface area (Å²) in [6.45, 7) is 1.78. The Bertz CT molecular complexity index is 1150. The smallest absolute Gasteiger partial charge is 0.272 e. The molecule has 0 fully saturated rings. The van der Waals surface area contributed by atoms with Crippen LogP contribution in [-0.2, 0) is 15.3 Å². The second-order valence-corrected chi connectivity index (χ2v) is 7.43. The molecule has 0 spiro atoms. The molecule has 4 N–H and O–H groups in total. The molecule has 0 saturated heterocycles. The largest absolute Gasteiger partial charge is 0.346 e. The van der Waals surface area contributed by atoms with Gasteiger partial charge in [0.1, 0.15) is 0 Å². The fraction of sp³-hybridized carbons (Fsp3) is 0.200. The molecule has 0 saturated carbocycles. The lowest BCUT2D eigenvalue weighted by atomic mass is 10.1. The standard InChI is InChI=1S/C20H20N4O4S/c1-12-5-7-13(8-6-12)10-29-11-17(26)21-9-16(25)22-15-4-2-3-14-18(15)20(28)24-23-19(14)27/h2-8H,9-11H2,1H3,(H,21,26)(H,22,25)(H,23,27)(H,24,28). The zero-order chi connectivity index (χ0) is 20.8. The van der Waals surface area contributed by atoms with E-state index in [-0.39, 0.29) is 34.7 Å². The van der Waals surface area contributed by atoms with Gasteiger partial charge in [-0.2, -0.15) is 0 Å². The summed E-state index contributed by atoms with van der Waals surface area (Å²) < 4.78 is 0. The highest BCUT2D eigenvalue weighted by Gasteiger charge is 2.12. The van der Waals surface area contributed by atoms with Crippen molar-refractivity contribution in [3.63, 3.8) is 0 Å². The fourth-order valence-corrected chi connectivity index (χ4v) is 3.52. The molecule has 2 amide bonds. The number of H-pyrrole nitrogens is 2. The molecular weight excluding hydrogens is 392 g/mol. The van der Waals surface area contributed by atoms with Crippen LogP contribution in [0.2, 0.25) is 0 Å². The first kappa shape index (κ1) is 20.4. The predicted octanol–water partition coefficient (Wildman–Crippen LogP) is 1.51. The number of hydrogen-bond donors (Lipinski definition) is 4. The van der Waals surface area contributed by atoms with E-state index in [1.54, 1.807) is 6.07 Å². The highest BCUT2D eigenvalue weighted by Crippen LogP contribution is 2.16. The van der Waals surface area contributed by atoms with Crippen LogP contribution in [0.4, 0.5) is 5.69 Å². The minimum atomic E-state index is -0.521. The molecule has 0 aliphatic heterocycles. The Labute approximate surface area is 170 Å². The van der Waals surface area contributed by atoms with Gasteiger partial charge in [-0.05, 0) is 24.6 Å². The van der Waals surface area contributed by atoms with Crippen LogP contribution >= 0.6 is 11.8 Å². The zero-order valence-corrected chi connectivity index (χ0v) is 16.5. The number of fused-ring (bicyclic) bond motifs is 1. The third kappa shape index (κ3) is 5.35. The van der Waals surface area contributed by atoms with E-state index in [0.29, 0.717) is 5.75 Å². The molecule has 29 heavy (non-hydrogen) atoms. The lowest BCUT2D eigenvalue weighted by Gasteiger charge is -2.09. The van der Waals surface area contributed by atoms with Crippen molar-refractivity contribution in [3.8, 4) is 0 Å². The highest BCUT2D eigenvalue weighted by molar-refractivity contribution is 7.99. The molecule has 0 unspecified atom stereocenters. The van der Waals surface area contributed by atoms with Crippen molar-refractivity contribution in [2.45, 2.75) is 12.7 Å². The summed E-state index contributed by atoms with van der Waals surface area (Å²) in [6, 6.07) is 12.7. The summed E-state index contributed by atoms with van der Waals surface area (Å²) in [7, 11) is 0. The first-order valence-electron chi connectivity index (χ1n) is 8.87. The average Bonchev–Trinajstić information content (AvgIpc) is 2.71. The van der Waals surface area contributed by atoms with Crippen LogP contribution in [0.25, 0.3) is 10.8 Å². The van der Waals surface area contributed by atoms with Gasteiger partial charge in [-0.15, -0.1) is 11.8 Å². The van der Waals surface area contributed by atoms with E-state index < -0.39 is 17.0 Å². The average molecular weight is 412 g/mol. The molecule has 8 nitrogen and oxygen atoms in total. The quantitative estimate of drug-likeness (QED) is 0.468. The monoisotopic (exact) mass is 412 g/mol. The van der Waals surface area contributed by atoms with Crippen LogP contribution in [0.3, 0.4) is 0 Å². The Morgan fingerprint density at radius 3 is 2.45 bits per heavy atom. The van der Waals surface area contributed by atoms with E-state index in [2.05, 4.69) is 20.8 Å². The van der Waals surface area contributed by atoms with Crippen LogP contribution in [0.5, 0.6) is 0 Å². The van der Waals surface area contributed by atoms with Crippen molar-refractivity contribution >= 4 is 40.0 Å². The van der Waals surface area contributed by atoms with Gasteiger partial charge in [-0.25, -0.2) is 0 Å². The number of rotatable bonds is 7. The number of carbonyl (C=O) groups excluding carboxylic acids is 2. The Morgan fingerprint density at radius 2 is 1.69 bits per heavy atom. The molecule has 0 radical (unpaired) electrons. The molecule has 0 atom stereocenters. The number of aryl methyl sites for hydroxylation is 1. The number of aromatic nitrogens is 2. The van der Waals surface area contributed by atoms with Crippen LogP contribution < -0.4 is 21.8 Å². The molecular formula is C20H20N4O4S. The zero-order valence-electron chi connectivity index (χ0n) is 15.7. The first-order chi connectivity index (χ1) is 13.9. The molecule has 9 heteroatoms. The number of carbonyl (C=O) groups is 2. The maximum atomic E-state index is 12.2. The van der Waals surface area contributed by atoms with Crippen molar-refractivity contribution in [2.75, 3.05) is 17.6 Å². The molecule has 0 aliphatic rings. The van der Waals surface area contributed by atoms with E-state index in [0.717, 1.165) is 5.56 Å². The number of thioether (sulfide) groups is 1. The van der Waals surface area contributed by atoms with Gasteiger partial charge in [0.05, 0.1) is 28.8 Å². The van der Waals surface area contributed by atoms with Gasteiger partial charge in [-0.3, -0.25) is 29.4 Å². The van der Waals surface area contributed by atoms with Crippen LogP contribution in [0.15, 0.2) is 52.1 Å². The van der Waals surface area contributed by atoms with Crippen molar-refractivity contribution in [1.82, 2.24) is 15.5 Å². The van der Waals surface area contributed by atoms with E-state index in [4.69, 9.17) is 0 Å². The normalized spacial score (nSPS) is 10.7. The number of nitrogens with one attached hydrogen (secondary N) is 4. The number of benzene rings is 2. The van der Waals surface area contributed by atoms with E-state index >= 15 is 0 Å². The maximum absolute atomic E-state index is 12.2. The van der Waals surface area contributed by atoms with Crippen LogP contribution in [0.1, 0.15) is 11.1 Å². The van der Waals surface area contributed by atoms with Crippen molar-refractivity contribution in [3.05, 3.63) is 74.3 Å². The molecule has 1 aromatic heterocycles. The van der Waals surface area contributed by atoms with E-state index in [1.165, 1.54) is 29.5 Å². The summed E-state index contributed by atoms with van der Waals surface area (Å²) in [6.07, 6.45) is 0. The highest BCUT2D eigenvalue weighted by atomic mass is 32.2. The third-order valence-electron chi connectivity index (χ3n) is 4.17. The first-order valence-corrected chi connectivity index (χ1v) is 10.0. The van der Waals surface area contributed by atoms with Gasteiger partial charge in [0.2, 0.25) is 11.8 Å². The minimum Gasteiger partial charge on any atom is -0.346 e. The fourth-order valence-electron chi connectivity index (χ4n) is 2.70. The van der Waals surface area contributed by atoms with Gasteiger partial charge in [-0.1, -0.05) is 35.9 Å². The second kappa shape index (κ2) is 9.24. The molecule has 0 aliphatic carbocycles. The lowest BCUT2D eigenvalue weighted by molar-refractivity contribution is -0.122. The lowest BCUT2D eigenvalue weighted by Crippen LogP contribution is -2.34. The van der Waals surface area contributed by atoms with Gasteiger partial charge in [0.15, 0.2) is 0 Å². The van der Waals surface area contributed by atoms with Gasteiger partial charge in [0.25, 0.3) is 11.1 Å². The van der Waals surface area contributed by atoms with E-state index in [9.17, 15) is 19.2 Å². The van der Waals surface area contributed by atoms with Gasteiger partial charge in [0, 0.05) is 5.75 Å². The van der Waals surface area contributed by atoms with Gasteiger partial charge >= 0.3 is 0 Å². The summed E-state index contributed by atoms with van der Waals surface area (Å²) >= 11 is 1.45. The summed E-state index contributed by atoms with van der Waals surface area (Å²) in [4.78, 5) is 47.9. The molecule has 3 aromatic rings. The number of amides is 2. The van der Waals surface area contributed by atoms with Crippen molar-refractivity contribution in [1.29, 1.82) is 0 Å². The Kier molecular flexibility index (Phi) is 6.50. The Balaban J connectivity index is 1.51. The molecule has 1 heterocycles. The predicted molar refractivity (Wildman–Crippen MR) is 114 cm³/mol.